The van der Waals surface area contributed by atoms with E-state index in [1.807, 2.05) is 12.1 Å². The van der Waals surface area contributed by atoms with Crippen LogP contribution in [0.15, 0.2) is 28.5 Å². The molecule has 1 saturated carbocycles. The van der Waals surface area contributed by atoms with Gasteiger partial charge in [0.25, 0.3) is 5.56 Å². The van der Waals surface area contributed by atoms with Crippen LogP contribution in [0.3, 0.4) is 0 Å². The molecular formula is C24H26N4O4S. The molecule has 33 heavy (non-hydrogen) atoms. The highest BCUT2D eigenvalue weighted by atomic mass is 32.1. The summed E-state index contributed by atoms with van der Waals surface area (Å²) in [5, 5.41) is 12.7. The third-order valence-corrected chi connectivity index (χ3v) is 7.74. The van der Waals surface area contributed by atoms with E-state index in [1.54, 1.807) is 22.4 Å². The highest BCUT2D eigenvalue weighted by Crippen LogP contribution is 2.36. The van der Waals surface area contributed by atoms with Crippen LogP contribution in [0.5, 0.6) is 0 Å². The minimum Gasteiger partial charge on any atom is -0.481 e. The number of thiazole rings is 1. The molecular weight excluding hydrogens is 440 g/mol. The number of aldehydes is 1. The lowest BCUT2D eigenvalue weighted by Crippen LogP contribution is -2.41. The Hall–Kier alpha value is -3.07. The molecule has 1 saturated heterocycles. The summed E-state index contributed by atoms with van der Waals surface area (Å²) in [4.78, 5) is 47.4. The Labute approximate surface area is 194 Å². The number of nitrogens with zero attached hydrogens (tertiary/aromatic N) is 4. The number of hydrogen-bond donors (Lipinski definition) is 1. The Bertz CT molecular complexity index is 1260. The zero-order valence-electron chi connectivity index (χ0n) is 18.3. The maximum atomic E-state index is 13.0. The second-order valence-electron chi connectivity index (χ2n) is 8.95. The van der Waals surface area contributed by atoms with Crippen molar-refractivity contribution in [3.8, 4) is 0 Å². The quantitative estimate of drug-likeness (QED) is 0.533. The van der Waals surface area contributed by atoms with Crippen LogP contribution in [-0.4, -0.2) is 44.8 Å². The standard InChI is InChI=1S/C24H26N4O4S/c29-13-18-22(27-9-2-5-17(12-27)24(31)32)26-20-11-15(8-10-28(20)23(18)30)6-7-21-25-19(14-33-21)16-3-1-4-16/h8,10-11,13-14,16-17H,1-7,9,12H2,(H,31,32). The number of pyridine rings is 1. The summed E-state index contributed by atoms with van der Waals surface area (Å²) < 4.78 is 1.38. The van der Waals surface area contributed by atoms with Crippen LogP contribution in [0.1, 0.15) is 64.6 Å². The minimum absolute atomic E-state index is 0.0300. The van der Waals surface area contributed by atoms with Gasteiger partial charge in [-0.2, -0.15) is 0 Å². The summed E-state index contributed by atoms with van der Waals surface area (Å²) in [6, 6.07) is 3.75. The number of rotatable bonds is 7. The second kappa shape index (κ2) is 9.05. The topological polar surface area (TPSA) is 105 Å². The summed E-state index contributed by atoms with van der Waals surface area (Å²) in [5.41, 5.74) is 2.26. The van der Waals surface area contributed by atoms with Gasteiger partial charge in [0.1, 0.15) is 17.0 Å². The van der Waals surface area contributed by atoms with E-state index in [4.69, 9.17) is 4.98 Å². The predicted molar refractivity (Wildman–Crippen MR) is 126 cm³/mol. The van der Waals surface area contributed by atoms with E-state index in [2.05, 4.69) is 10.4 Å². The first-order valence-corrected chi connectivity index (χ1v) is 12.3. The second-order valence-corrected chi connectivity index (χ2v) is 9.90. The van der Waals surface area contributed by atoms with Crippen molar-refractivity contribution in [1.82, 2.24) is 14.4 Å². The van der Waals surface area contributed by atoms with Crippen LogP contribution in [0.2, 0.25) is 0 Å². The van der Waals surface area contributed by atoms with Gasteiger partial charge in [-0.05, 0) is 49.8 Å². The fourth-order valence-corrected chi connectivity index (χ4v) is 5.52. The molecule has 5 rings (SSSR count). The van der Waals surface area contributed by atoms with E-state index < -0.39 is 17.4 Å². The highest BCUT2D eigenvalue weighted by Gasteiger charge is 2.28. The van der Waals surface area contributed by atoms with Crippen LogP contribution in [0.25, 0.3) is 5.65 Å². The van der Waals surface area contributed by atoms with Crippen LogP contribution in [0, 0.1) is 5.92 Å². The number of anilines is 1. The third kappa shape index (κ3) is 4.29. The molecule has 1 aliphatic heterocycles. The van der Waals surface area contributed by atoms with Gasteiger partial charge < -0.3 is 10.0 Å². The molecule has 1 atom stereocenters. The number of aromatic nitrogens is 3. The number of aryl methyl sites for hydroxylation is 2. The zero-order valence-corrected chi connectivity index (χ0v) is 19.1. The lowest BCUT2D eigenvalue weighted by molar-refractivity contribution is -0.141. The van der Waals surface area contributed by atoms with E-state index in [0.29, 0.717) is 37.2 Å². The lowest BCUT2D eigenvalue weighted by Gasteiger charge is -2.32. The average Bonchev–Trinajstić information content (AvgIpc) is 3.24. The summed E-state index contributed by atoms with van der Waals surface area (Å²) >= 11 is 1.71. The average molecular weight is 467 g/mol. The first-order valence-electron chi connectivity index (χ1n) is 11.5. The summed E-state index contributed by atoms with van der Waals surface area (Å²) in [6.07, 6.45) is 8.82. The minimum atomic E-state index is -0.866. The van der Waals surface area contributed by atoms with Gasteiger partial charge in [-0.1, -0.05) is 6.42 Å². The van der Waals surface area contributed by atoms with Gasteiger partial charge in [-0.25, -0.2) is 9.97 Å². The molecule has 1 aliphatic carbocycles. The highest BCUT2D eigenvalue weighted by molar-refractivity contribution is 7.09. The number of fused-ring (bicyclic) bond motifs is 1. The smallest absolute Gasteiger partial charge is 0.308 e. The maximum absolute atomic E-state index is 13.0. The summed E-state index contributed by atoms with van der Waals surface area (Å²) in [5.74, 6) is -0.487. The monoisotopic (exact) mass is 466 g/mol. The van der Waals surface area contributed by atoms with Gasteiger partial charge in [0.05, 0.1) is 16.6 Å². The molecule has 3 aromatic heterocycles. The van der Waals surface area contributed by atoms with Crippen molar-refractivity contribution in [3.63, 3.8) is 0 Å². The molecule has 2 fully saturated rings. The van der Waals surface area contributed by atoms with Gasteiger partial charge in [0.15, 0.2) is 6.29 Å². The van der Waals surface area contributed by atoms with E-state index in [9.17, 15) is 19.5 Å². The van der Waals surface area contributed by atoms with Gasteiger partial charge in [-0.3, -0.25) is 18.8 Å². The lowest BCUT2D eigenvalue weighted by atomic mass is 9.83. The largest absolute Gasteiger partial charge is 0.481 e. The Morgan fingerprint density at radius 2 is 2.06 bits per heavy atom. The number of aliphatic carboxylic acids is 1. The first-order chi connectivity index (χ1) is 16.0. The van der Waals surface area contributed by atoms with Crippen molar-refractivity contribution in [1.29, 1.82) is 0 Å². The molecule has 172 valence electrons. The fraction of sp³-hybridized carbons (Fsp3) is 0.458. The summed E-state index contributed by atoms with van der Waals surface area (Å²) in [7, 11) is 0. The molecule has 2 aliphatic rings. The number of carboxylic acid groups (broad SMARTS) is 1. The molecule has 0 aromatic carbocycles. The zero-order chi connectivity index (χ0) is 22.9. The maximum Gasteiger partial charge on any atom is 0.308 e. The molecule has 0 bridgehead atoms. The Kier molecular flexibility index (Phi) is 5.97. The molecule has 9 heteroatoms. The molecule has 1 N–H and O–H groups in total. The van der Waals surface area contributed by atoms with Crippen molar-refractivity contribution >= 4 is 35.1 Å². The predicted octanol–water partition coefficient (Wildman–Crippen LogP) is 3.32. The first kappa shape index (κ1) is 21.8. The SMILES string of the molecule is O=Cc1c(N2CCCC(C(=O)O)C2)nc2cc(CCc3nc(C4CCC4)cs3)ccn2c1=O. The fourth-order valence-electron chi connectivity index (χ4n) is 4.64. The van der Waals surface area contributed by atoms with Gasteiger partial charge >= 0.3 is 5.97 Å². The van der Waals surface area contributed by atoms with Crippen LogP contribution in [-0.2, 0) is 17.6 Å². The van der Waals surface area contributed by atoms with Gasteiger partial charge in [-0.15, -0.1) is 11.3 Å². The molecule has 1 unspecified atom stereocenters. The molecule has 8 nitrogen and oxygen atoms in total. The van der Waals surface area contributed by atoms with Crippen molar-refractivity contribution in [2.45, 2.75) is 50.9 Å². The number of piperidine rings is 1. The van der Waals surface area contributed by atoms with Crippen LogP contribution in [0.4, 0.5) is 5.82 Å². The van der Waals surface area contributed by atoms with E-state index in [-0.39, 0.29) is 17.9 Å². The molecule has 0 radical (unpaired) electrons. The molecule has 0 spiro atoms. The number of carboxylic acids is 1. The van der Waals surface area contributed by atoms with Crippen molar-refractivity contribution < 1.29 is 14.7 Å². The Balaban J connectivity index is 1.40. The molecule has 3 aromatic rings. The number of carbonyl (C=O) groups is 2. The van der Waals surface area contributed by atoms with E-state index in [1.165, 1.54) is 29.4 Å². The van der Waals surface area contributed by atoms with E-state index in [0.717, 1.165) is 23.4 Å². The van der Waals surface area contributed by atoms with Gasteiger partial charge in [0.2, 0.25) is 0 Å². The van der Waals surface area contributed by atoms with Crippen molar-refractivity contribution in [2.75, 3.05) is 18.0 Å². The summed E-state index contributed by atoms with van der Waals surface area (Å²) in [6.45, 7) is 0.812. The van der Waals surface area contributed by atoms with Crippen LogP contribution >= 0.6 is 11.3 Å². The molecule has 0 amide bonds. The van der Waals surface area contributed by atoms with E-state index >= 15 is 0 Å². The van der Waals surface area contributed by atoms with Crippen molar-refractivity contribution in [3.05, 3.63) is 55.9 Å². The van der Waals surface area contributed by atoms with Gasteiger partial charge in [0, 0.05) is 37.0 Å². The number of hydrogen-bond acceptors (Lipinski definition) is 7. The Morgan fingerprint density at radius 3 is 2.79 bits per heavy atom. The molecule has 4 heterocycles. The van der Waals surface area contributed by atoms with Crippen LogP contribution < -0.4 is 10.5 Å². The normalized spacial score (nSPS) is 18.9. The Morgan fingerprint density at radius 1 is 1.21 bits per heavy atom. The van der Waals surface area contributed by atoms with Crippen molar-refractivity contribution in [2.24, 2.45) is 5.92 Å². The third-order valence-electron chi connectivity index (χ3n) is 6.82. The number of carbonyl (C=O) groups excluding carboxylic acids is 1.